The van der Waals surface area contributed by atoms with E-state index >= 15 is 0 Å². The summed E-state index contributed by atoms with van der Waals surface area (Å²) in [4.78, 5) is 24.2. The highest BCUT2D eigenvalue weighted by atomic mass is 16.5. The number of pyridine rings is 1. The topological polar surface area (TPSA) is 119 Å². The number of fused-ring (bicyclic) bond motifs is 1. The van der Waals surface area contributed by atoms with E-state index < -0.39 is 0 Å². The van der Waals surface area contributed by atoms with Crippen LogP contribution >= 0.6 is 0 Å². The number of nitrogens with two attached hydrogens (primary N) is 1. The number of nitrogens with one attached hydrogen (secondary N) is 1. The van der Waals surface area contributed by atoms with Crippen molar-refractivity contribution in [2.24, 2.45) is 0 Å². The van der Waals surface area contributed by atoms with Crippen molar-refractivity contribution in [3.63, 3.8) is 0 Å². The fraction of sp³-hybridized carbons (Fsp3) is 0.480. The van der Waals surface area contributed by atoms with Gasteiger partial charge in [-0.25, -0.2) is 4.98 Å². The Morgan fingerprint density at radius 2 is 2.06 bits per heavy atom. The molecule has 1 unspecified atom stereocenters. The first-order chi connectivity index (χ1) is 16.4. The maximum atomic E-state index is 13.5. The van der Waals surface area contributed by atoms with E-state index in [4.69, 9.17) is 10.5 Å². The number of likely N-dealkylation sites (N-methyl/N-ethyl adjacent to an activating group) is 1. The standard InChI is InChI=1S/C25H36N6O3/c1-5-7-17(3)27-23-22-20(28-25(26)29-23)10-11-31(24(22)33)16-19-9-8-18(14-21(19)34-4)15-30(6-2)12-13-32/h8-11,14,17,32H,5-7,12-13,15-16H2,1-4H3,(H3,26,27,28,29). The Balaban J connectivity index is 1.94. The van der Waals surface area contributed by atoms with Crippen LogP contribution in [-0.2, 0) is 13.1 Å². The van der Waals surface area contributed by atoms with Crippen molar-refractivity contribution in [2.45, 2.75) is 52.7 Å². The third-order valence-corrected chi connectivity index (χ3v) is 5.91. The second-order valence-corrected chi connectivity index (χ2v) is 8.51. The molecule has 0 bridgehead atoms. The number of rotatable bonds is 12. The van der Waals surface area contributed by atoms with Gasteiger partial charge in [0.2, 0.25) is 5.95 Å². The van der Waals surface area contributed by atoms with Gasteiger partial charge in [0.25, 0.3) is 5.56 Å². The lowest BCUT2D eigenvalue weighted by Gasteiger charge is -2.20. The molecule has 3 aromatic rings. The molecular formula is C25H36N6O3. The number of hydrogen-bond acceptors (Lipinski definition) is 8. The number of hydrogen-bond donors (Lipinski definition) is 3. The fourth-order valence-electron chi connectivity index (χ4n) is 4.12. The number of nitrogens with zero attached hydrogens (tertiary/aromatic N) is 4. The molecule has 0 aliphatic rings. The van der Waals surface area contributed by atoms with Crippen molar-refractivity contribution in [1.82, 2.24) is 19.4 Å². The first-order valence-electron chi connectivity index (χ1n) is 11.8. The van der Waals surface area contributed by atoms with Gasteiger partial charge in [0, 0.05) is 30.9 Å². The number of nitrogen functional groups attached to an aromatic ring is 1. The second-order valence-electron chi connectivity index (χ2n) is 8.51. The molecule has 0 saturated carbocycles. The van der Waals surface area contributed by atoms with E-state index in [1.54, 1.807) is 23.9 Å². The predicted molar refractivity (Wildman–Crippen MR) is 136 cm³/mol. The molecule has 4 N–H and O–H groups in total. The van der Waals surface area contributed by atoms with Crippen LogP contribution in [0.3, 0.4) is 0 Å². The van der Waals surface area contributed by atoms with Crippen LogP contribution in [0.5, 0.6) is 5.75 Å². The molecule has 184 valence electrons. The average Bonchev–Trinajstić information content (AvgIpc) is 2.81. The van der Waals surface area contributed by atoms with Crippen LogP contribution in [0.4, 0.5) is 11.8 Å². The minimum absolute atomic E-state index is 0.122. The SMILES string of the molecule is CCCC(C)Nc1nc(N)nc2ccn(Cc3ccc(CN(CC)CCO)cc3OC)c(=O)c12. The van der Waals surface area contributed by atoms with Crippen LogP contribution in [0.2, 0.25) is 0 Å². The Kier molecular flexibility index (Phi) is 8.84. The van der Waals surface area contributed by atoms with E-state index in [9.17, 15) is 9.90 Å². The highest BCUT2D eigenvalue weighted by Gasteiger charge is 2.15. The average molecular weight is 469 g/mol. The van der Waals surface area contributed by atoms with Crippen molar-refractivity contribution < 1.29 is 9.84 Å². The van der Waals surface area contributed by atoms with E-state index in [1.165, 1.54) is 0 Å². The van der Waals surface area contributed by atoms with Gasteiger partial charge in [0.05, 0.1) is 25.8 Å². The molecule has 3 rings (SSSR count). The Labute approximate surface area is 200 Å². The van der Waals surface area contributed by atoms with E-state index in [0.717, 1.165) is 30.5 Å². The summed E-state index contributed by atoms with van der Waals surface area (Å²) in [6.45, 7) is 8.89. The lowest BCUT2D eigenvalue weighted by atomic mass is 10.1. The Morgan fingerprint density at radius 1 is 1.26 bits per heavy atom. The normalized spacial score (nSPS) is 12.3. The third-order valence-electron chi connectivity index (χ3n) is 5.91. The molecule has 2 aromatic heterocycles. The lowest BCUT2D eigenvalue weighted by molar-refractivity contribution is 0.196. The molecular weight excluding hydrogens is 432 g/mol. The molecule has 0 aliphatic carbocycles. The summed E-state index contributed by atoms with van der Waals surface area (Å²) in [6, 6.07) is 7.95. The highest BCUT2D eigenvalue weighted by Crippen LogP contribution is 2.23. The summed E-state index contributed by atoms with van der Waals surface area (Å²) in [5, 5.41) is 13.0. The minimum Gasteiger partial charge on any atom is -0.496 e. The van der Waals surface area contributed by atoms with Crippen LogP contribution < -0.4 is 21.3 Å². The number of anilines is 2. The van der Waals surface area contributed by atoms with E-state index in [0.29, 0.717) is 42.1 Å². The molecule has 0 spiro atoms. The summed E-state index contributed by atoms with van der Waals surface area (Å²) >= 11 is 0. The Bertz CT molecular complexity index is 1160. The van der Waals surface area contributed by atoms with Gasteiger partial charge in [-0.05, 0) is 37.6 Å². The van der Waals surface area contributed by atoms with Crippen LogP contribution in [0.1, 0.15) is 44.7 Å². The van der Waals surface area contributed by atoms with E-state index in [-0.39, 0.29) is 24.2 Å². The maximum Gasteiger partial charge on any atom is 0.264 e. The fourth-order valence-corrected chi connectivity index (χ4v) is 4.12. The zero-order valence-corrected chi connectivity index (χ0v) is 20.5. The van der Waals surface area contributed by atoms with E-state index in [2.05, 4.69) is 41.0 Å². The van der Waals surface area contributed by atoms with Gasteiger partial charge in [-0.3, -0.25) is 9.69 Å². The van der Waals surface area contributed by atoms with Gasteiger partial charge >= 0.3 is 0 Å². The van der Waals surface area contributed by atoms with Crippen molar-refractivity contribution in [2.75, 3.05) is 37.9 Å². The maximum absolute atomic E-state index is 13.5. The number of aliphatic hydroxyl groups is 1. The van der Waals surface area contributed by atoms with Gasteiger partial charge in [-0.1, -0.05) is 32.4 Å². The summed E-state index contributed by atoms with van der Waals surface area (Å²) in [5.74, 6) is 1.32. The molecule has 2 heterocycles. The summed E-state index contributed by atoms with van der Waals surface area (Å²) < 4.78 is 7.28. The van der Waals surface area contributed by atoms with Gasteiger partial charge in [-0.2, -0.15) is 4.98 Å². The highest BCUT2D eigenvalue weighted by molar-refractivity contribution is 5.89. The zero-order chi connectivity index (χ0) is 24.7. The summed E-state index contributed by atoms with van der Waals surface area (Å²) in [7, 11) is 1.63. The number of methoxy groups -OCH3 is 1. The van der Waals surface area contributed by atoms with E-state index in [1.807, 2.05) is 18.2 Å². The molecule has 0 radical (unpaired) electrons. The minimum atomic E-state index is -0.185. The zero-order valence-electron chi connectivity index (χ0n) is 20.5. The Morgan fingerprint density at radius 3 is 2.74 bits per heavy atom. The third kappa shape index (κ3) is 6.03. The van der Waals surface area contributed by atoms with Gasteiger partial charge < -0.3 is 25.5 Å². The van der Waals surface area contributed by atoms with Crippen molar-refractivity contribution in [3.05, 3.63) is 51.9 Å². The van der Waals surface area contributed by atoms with Crippen molar-refractivity contribution in [1.29, 1.82) is 0 Å². The molecule has 34 heavy (non-hydrogen) atoms. The quantitative estimate of drug-likeness (QED) is 0.371. The molecule has 9 nitrogen and oxygen atoms in total. The summed E-state index contributed by atoms with van der Waals surface area (Å²) in [6.07, 6.45) is 3.69. The van der Waals surface area contributed by atoms with Crippen molar-refractivity contribution in [3.8, 4) is 5.75 Å². The number of aliphatic hydroxyl groups excluding tert-OH is 1. The second kappa shape index (κ2) is 11.8. The monoisotopic (exact) mass is 468 g/mol. The van der Waals surface area contributed by atoms with Crippen molar-refractivity contribution >= 4 is 22.7 Å². The number of aromatic nitrogens is 3. The lowest BCUT2D eigenvalue weighted by Crippen LogP contribution is -2.26. The smallest absolute Gasteiger partial charge is 0.264 e. The number of benzene rings is 1. The molecule has 0 amide bonds. The molecule has 0 fully saturated rings. The molecule has 0 saturated heterocycles. The first-order valence-corrected chi connectivity index (χ1v) is 11.8. The predicted octanol–water partition coefficient (Wildman–Crippen LogP) is 2.85. The van der Waals surface area contributed by atoms with Crippen LogP contribution in [0.25, 0.3) is 10.9 Å². The van der Waals surface area contributed by atoms with Crippen LogP contribution in [0.15, 0.2) is 35.3 Å². The molecule has 0 aliphatic heterocycles. The molecule has 1 atom stereocenters. The van der Waals surface area contributed by atoms with Gasteiger partial charge in [-0.15, -0.1) is 0 Å². The summed E-state index contributed by atoms with van der Waals surface area (Å²) in [5.41, 5.74) is 8.21. The largest absolute Gasteiger partial charge is 0.496 e. The molecule has 1 aromatic carbocycles. The first kappa shape index (κ1) is 25.5. The van der Waals surface area contributed by atoms with Crippen LogP contribution in [-0.4, -0.2) is 57.4 Å². The molecule has 9 heteroatoms. The van der Waals surface area contributed by atoms with Gasteiger partial charge in [0.15, 0.2) is 0 Å². The van der Waals surface area contributed by atoms with Gasteiger partial charge in [0.1, 0.15) is 17.0 Å². The number of ether oxygens (including phenoxy) is 1. The van der Waals surface area contributed by atoms with Crippen LogP contribution in [0, 0.1) is 0 Å². The Hall–Kier alpha value is -3.17.